The van der Waals surface area contributed by atoms with Gasteiger partial charge in [-0.05, 0) is 30.7 Å². The maximum absolute atomic E-state index is 8.84. The molecule has 0 spiro atoms. The molecular weight excluding hydrogens is 210 g/mol. The van der Waals surface area contributed by atoms with Crippen molar-refractivity contribution < 1.29 is 5.11 Å². The molecule has 0 saturated carbocycles. The van der Waals surface area contributed by atoms with E-state index in [2.05, 4.69) is 50.4 Å². The van der Waals surface area contributed by atoms with E-state index in [1.54, 1.807) is 0 Å². The van der Waals surface area contributed by atoms with Crippen LogP contribution >= 0.6 is 0 Å². The van der Waals surface area contributed by atoms with E-state index in [0.29, 0.717) is 6.61 Å². The summed E-state index contributed by atoms with van der Waals surface area (Å²) in [7, 11) is 0. The Morgan fingerprint density at radius 3 is 2.71 bits per heavy atom. The number of aliphatic hydroxyl groups excluding tert-OH is 1. The molecule has 2 heteroatoms. The van der Waals surface area contributed by atoms with Gasteiger partial charge in [0.2, 0.25) is 0 Å². The lowest BCUT2D eigenvalue weighted by Crippen LogP contribution is -2.29. The number of hydrogen-bond acceptors (Lipinski definition) is 2. The molecule has 2 N–H and O–H groups in total. The number of hydrogen-bond donors (Lipinski definition) is 2. The zero-order chi connectivity index (χ0) is 12.7. The van der Waals surface area contributed by atoms with Gasteiger partial charge < -0.3 is 10.4 Å². The Hall–Kier alpha value is -0.860. The summed E-state index contributed by atoms with van der Waals surface area (Å²) in [5.74, 6) is 0. The van der Waals surface area contributed by atoms with E-state index in [1.165, 1.54) is 11.1 Å². The lowest BCUT2D eigenvalue weighted by molar-refractivity contribution is 0.236. The van der Waals surface area contributed by atoms with Gasteiger partial charge in [-0.3, -0.25) is 0 Å². The van der Waals surface area contributed by atoms with E-state index in [4.69, 9.17) is 5.11 Å². The number of aliphatic hydroxyl groups is 1. The highest BCUT2D eigenvalue weighted by molar-refractivity contribution is 5.21. The molecule has 0 aliphatic heterocycles. The van der Waals surface area contributed by atoms with Gasteiger partial charge in [0.05, 0.1) is 0 Å². The standard InChI is InChI=1S/C15H25NO/c1-13-6-4-7-14(10-13)11-16-12-15(2,3)8-5-9-17/h4,6-7,10,16-17H,5,8-9,11-12H2,1-3H3. The SMILES string of the molecule is Cc1cccc(CNCC(C)(C)CCCO)c1. The van der Waals surface area contributed by atoms with Crippen molar-refractivity contribution in [2.24, 2.45) is 5.41 Å². The van der Waals surface area contributed by atoms with Crippen LogP contribution in [0.15, 0.2) is 24.3 Å². The lowest BCUT2D eigenvalue weighted by Gasteiger charge is -2.24. The molecule has 2 nitrogen and oxygen atoms in total. The number of aryl methyl sites for hydroxylation is 1. The van der Waals surface area contributed by atoms with Crippen LogP contribution in [0.25, 0.3) is 0 Å². The summed E-state index contributed by atoms with van der Waals surface area (Å²) in [5, 5.41) is 12.3. The second-order valence-corrected chi connectivity index (χ2v) is 5.58. The monoisotopic (exact) mass is 235 g/mol. The normalized spacial score (nSPS) is 11.8. The van der Waals surface area contributed by atoms with Gasteiger partial charge in [-0.1, -0.05) is 43.7 Å². The molecule has 0 fully saturated rings. The van der Waals surface area contributed by atoms with E-state index < -0.39 is 0 Å². The van der Waals surface area contributed by atoms with Crippen LogP contribution in [0.2, 0.25) is 0 Å². The van der Waals surface area contributed by atoms with Crippen molar-refractivity contribution in [1.82, 2.24) is 5.32 Å². The maximum Gasteiger partial charge on any atom is 0.0431 e. The minimum atomic E-state index is 0.257. The molecule has 1 rings (SSSR count). The van der Waals surface area contributed by atoms with Crippen molar-refractivity contribution in [2.75, 3.05) is 13.2 Å². The van der Waals surface area contributed by atoms with Gasteiger partial charge >= 0.3 is 0 Å². The molecule has 0 unspecified atom stereocenters. The fourth-order valence-electron chi connectivity index (χ4n) is 2.01. The quantitative estimate of drug-likeness (QED) is 0.761. The first-order valence-corrected chi connectivity index (χ1v) is 6.41. The van der Waals surface area contributed by atoms with Crippen LogP contribution in [0.1, 0.15) is 37.8 Å². The van der Waals surface area contributed by atoms with Gasteiger partial charge in [-0.15, -0.1) is 0 Å². The lowest BCUT2D eigenvalue weighted by atomic mass is 9.88. The average Bonchev–Trinajstić information content (AvgIpc) is 2.26. The van der Waals surface area contributed by atoms with Crippen LogP contribution in [0.4, 0.5) is 0 Å². The highest BCUT2D eigenvalue weighted by atomic mass is 16.2. The smallest absolute Gasteiger partial charge is 0.0431 e. The molecule has 0 aromatic heterocycles. The Kier molecular flexibility index (Phi) is 5.66. The van der Waals surface area contributed by atoms with Gasteiger partial charge in [0.25, 0.3) is 0 Å². The topological polar surface area (TPSA) is 32.3 Å². The number of rotatable bonds is 7. The summed E-state index contributed by atoms with van der Waals surface area (Å²) >= 11 is 0. The Labute approximate surface area is 105 Å². The largest absolute Gasteiger partial charge is 0.396 e. The zero-order valence-corrected chi connectivity index (χ0v) is 11.3. The first-order valence-electron chi connectivity index (χ1n) is 6.41. The Bertz CT molecular complexity index is 333. The Morgan fingerprint density at radius 1 is 1.29 bits per heavy atom. The molecule has 0 atom stereocenters. The predicted molar refractivity (Wildman–Crippen MR) is 73.0 cm³/mol. The summed E-state index contributed by atoms with van der Waals surface area (Å²) in [6.07, 6.45) is 1.95. The number of benzene rings is 1. The summed E-state index contributed by atoms with van der Waals surface area (Å²) < 4.78 is 0. The molecule has 1 aromatic carbocycles. The van der Waals surface area contributed by atoms with Crippen LogP contribution < -0.4 is 5.32 Å². The van der Waals surface area contributed by atoms with Crippen molar-refractivity contribution in [3.8, 4) is 0 Å². The highest BCUT2D eigenvalue weighted by Gasteiger charge is 2.16. The van der Waals surface area contributed by atoms with Crippen LogP contribution in [0.5, 0.6) is 0 Å². The summed E-state index contributed by atoms with van der Waals surface area (Å²) in [6, 6.07) is 8.59. The predicted octanol–water partition coefficient (Wildman–Crippen LogP) is 2.88. The molecule has 0 heterocycles. The average molecular weight is 235 g/mol. The summed E-state index contributed by atoms with van der Waals surface area (Å²) in [5.41, 5.74) is 2.90. The third-order valence-electron chi connectivity index (χ3n) is 3.03. The van der Waals surface area contributed by atoms with E-state index in [9.17, 15) is 0 Å². The molecular formula is C15H25NO. The van der Waals surface area contributed by atoms with Crippen LogP contribution in [-0.4, -0.2) is 18.3 Å². The number of nitrogens with one attached hydrogen (secondary N) is 1. The van der Waals surface area contributed by atoms with E-state index in [1.807, 2.05) is 0 Å². The Morgan fingerprint density at radius 2 is 2.06 bits per heavy atom. The molecule has 0 radical (unpaired) electrons. The second kappa shape index (κ2) is 6.77. The molecule has 0 aliphatic carbocycles. The Balaban J connectivity index is 2.32. The molecule has 17 heavy (non-hydrogen) atoms. The third kappa shape index (κ3) is 5.85. The van der Waals surface area contributed by atoms with Gasteiger partial charge in [0.15, 0.2) is 0 Å². The van der Waals surface area contributed by atoms with E-state index >= 15 is 0 Å². The van der Waals surface area contributed by atoms with Crippen molar-refractivity contribution in [3.63, 3.8) is 0 Å². The van der Waals surface area contributed by atoms with Crippen molar-refractivity contribution in [2.45, 2.75) is 40.2 Å². The first kappa shape index (κ1) is 14.2. The maximum atomic E-state index is 8.84. The van der Waals surface area contributed by atoms with Crippen molar-refractivity contribution in [3.05, 3.63) is 35.4 Å². The molecule has 0 amide bonds. The van der Waals surface area contributed by atoms with Gasteiger partial charge in [-0.25, -0.2) is 0 Å². The van der Waals surface area contributed by atoms with Gasteiger partial charge in [-0.2, -0.15) is 0 Å². The fourth-order valence-corrected chi connectivity index (χ4v) is 2.01. The molecule has 96 valence electrons. The summed E-state index contributed by atoms with van der Waals surface area (Å²) in [6.45, 7) is 8.80. The van der Waals surface area contributed by atoms with E-state index in [-0.39, 0.29) is 5.41 Å². The van der Waals surface area contributed by atoms with E-state index in [0.717, 1.165) is 25.9 Å². The van der Waals surface area contributed by atoms with Gasteiger partial charge in [0.1, 0.15) is 0 Å². The first-order chi connectivity index (χ1) is 8.03. The highest BCUT2D eigenvalue weighted by Crippen LogP contribution is 2.20. The minimum Gasteiger partial charge on any atom is -0.396 e. The molecule has 0 bridgehead atoms. The fraction of sp³-hybridized carbons (Fsp3) is 0.600. The van der Waals surface area contributed by atoms with Crippen LogP contribution in [0, 0.1) is 12.3 Å². The van der Waals surface area contributed by atoms with Crippen LogP contribution in [-0.2, 0) is 6.54 Å². The van der Waals surface area contributed by atoms with Crippen LogP contribution in [0.3, 0.4) is 0 Å². The zero-order valence-electron chi connectivity index (χ0n) is 11.3. The molecule has 1 aromatic rings. The third-order valence-corrected chi connectivity index (χ3v) is 3.03. The van der Waals surface area contributed by atoms with Crippen molar-refractivity contribution >= 4 is 0 Å². The molecule has 0 aliphatic rings. The summed E-state index contributed by atoms with van der Waals surface area (Å²) in [4.78, 5) is 0. The second-order valence-electron chi connectivity index (χ2n) is 5.58. The minimum absolute atomic E-state index is 0.257. The van der Waals surface area contributed by atoms with Crippen molar-refractivity contribution in [1.29, 1.82) is 0 Å². The molecule has 0 saturated heterocycles. The van der Waals surface area contributed by atoms with Gasteiger partial charge in [0, 0.05) is 19.7 Å².